The van der Waals surface area contributed by atoms with E-state index in [4.69, 9.17) is 10.2 Å². The molecule has 0 heterocycles. The summed E-state index contributed by atoms with van der Waals surface area (Å²) in [5.74, 6) is -2.53. The van der Waals surface area contributed by atoms with Crippen molar-refractivity contribution in [3.8, 4) is 5.75 Å². The van der Waals surface area contributed by atoms with E-state index >= 15 is 0 Å². The summed E-state index contributed by atoms with van der Waals surface area (Å²) < 4.78 is 25.6. The van der Waals surface area contributed by atoms with E-state index < -0.39 is 23.4 Å². The van der Waals surface area contributed by atoms with E-state index in [0.717, 1.165) is 38.0 Å². The Bertz CT molecular complexity index is 552. The van der Waals surface area contributed by atoms with Crippen LogP contribution in [0.1, 0.15) is 77.2 Å². The van der Waals surface area contributed by atoms with Gasteiger partial charge in [0.1, 0.15) is 0 Å². The van der Waals surface area contributed by atoms with Crippen molar-refractivity contribution in [1.29, 1.82) is 0 Å². The number of hydrogen-bond donors (Lipinski definition) is 2. The molecule has 5 heteroatoms. The molecule has 2 N–H and O–H groups in total. The van der Waals surface area contributed by atoms with Crippen LogP contribution in [0.3, 0.4) is 0 Å². The largest absolute Gasteiger partial charge is 0.505 e. The van der Waals surface area contributed by atoms with Crippen LogP contribution in [-0.2, 0) is 11.2 Å². The molecular weight excluding hydrogens is 338 g/mol. The summed E-state index contributed by atoms with van der Waals surface area (Å²) in [6.45, 7) is 4.10. The number of carboxylic acid groups (broad SMARTS) is 1. The molecule has 2 rings (SSSR count). The number of phenols is 1. The van der Waals surface area contributed by atoms with Gasteiger partial charge >= 0.3 is 5.97 Å². The van der Waals surface area contributed by atoms with E-state index in [1.165, 1.54) is 37.8 Å². The third-order valence-electron chi connectivity index (χ3n) is 5.07. The van der Waals surface area contributed by atoms with Crippen molar-refractivity contribution in [3.63, 3.8) is 0 Å². The van der Waals surface area contributed by atoms with Crippen LogP contribution >= 0.6 is 0 Å². The second-order valence-corrected chi connectivity index (χ2v) is 7.17. The third kappa shape index (κ3) is 7.30. The molecule has 0 amide bonds. The number of benzene rings is 1. The van der Waals surface area contributed by atoms with Crippen molar-refractivity contribution in [2.45, 2.75) is 78.1 Å². The molecule has 0 bridgehead atoms. The molecule has 1 saturated carbocycles. The van der Waals surface area contributed by atoms with Gasteiger partial charge in [-0.2, -0.15) is 4.39 Å². The Balaban J connectivity index is 0.000000263. The lowest BCUT2D eigenvalue weighted by atomic mass is 9.80. The number of unbranched alkanes of at least 4 members (excludes halogenated alkanes) is 2. The molecule has 3 nitrogen and oxygen atoms in total. The molecule has 0 spiro atoms. The Morgan fingerprint density at radius 2 is 1.69 bits per heavy atom. The Morgan fingerprint density at radius 3 is 2.23 bits per heavy atom. The van der Waals surface area contributed by atoms with Crippen LogP contribution in [0.4, 0.5) is 8.78 Å². The first-order chi connectivity index (χ1) is 12.4. The molecule has 1 aromatic carbocycles. The Labute approximate surface area is 155 Å². The van der Waals surface area contributed by atoms with Crippen molar-refractivity contribution in [2.24, 2.45) is 11.8 Å². The van der Waals surface area contributed by atoms with Gasteiger partial charge in [-0.15, -0.1) is 0 Å². The van der Waals surface area contributed by atoms with Gasteiger partial charge in [-0.05, 0) is 49.7 Å². The fraction of sp³-hybridized carbons (Fsp3) is 0.667. The standard InChI is InChI=1S/C12H22O2.C9H10F2O/c1-2-3-4-5-10-6-8-11(9-7-10)12(13)14;1-2-3-6-4-5-7(12)9(11)8(6)10/h10-11H,2-9H2,1H3,(H,13,14);4-5,12H,2-3H2,1H3/t10-,11-;. The lowest BCUT2D eigenvalue weighted by Gasteiger charge is -2.25. The predicted molar refractivity (Wildman–Crippen MR) is 99.2 cm³/mol. The van der Waals surface area contributed by atoms with Crippen molar-refractivity contribution in [1.82, 2.24) is 0 Å². The number of halogens is 2. The lowest BCUT2D eigenvalue weighted by molar-refractivity contribution is -0.143. The SMILES string of the molecule is CCCCC[C@H]1CC[C@H](C(=O)O)CC1.CCCc1ccc(O)c(F)c1F. The van der Waals surface area contributed by atoms with Crippen molar-refractivity contribution in [2.75, 3.05) is 0 Å². The molecule has 1 aliphatic rings. The van der Waals surface area contributed by atoms with Crippen LogP contribution < -0.4 is 0 Å². The van der Waals surface area contributed by atoms with Crippen LogP contribution in [0, 0.1) is 23.5 Å². The van der Waals surface area contributed by atoms with Crippen molar-refractivity contribution < 1.29 is 23.8 Å². The van der Waals surface area contributed by atoms with E-state index in [9.17, 15) is 13.6 Å². The smallest absolute Gasteiger partial charge is 0.306 e. The number of aryl methyl sites for hydroxylation is 1. The van der Waals surface area contributed by atoms with Crippen LogP contribution in [0.5, 0.6) is 5.75 Å². The molecule has 1 aromatic rings. The minimum absolute atomic E-state index is 0.0441. The maximum absolute atomic E-state index is 12.9. The van der Waals surface area contributed by atoms with E-state index in [2.05, 4.69) is 6.92 Å². The average Bonchev–Trinajstić information content (AvgIpc) is 2.63. The highest BCUT2D eigenvalue weighted by molar-refractivity contribution is 5.69. The number of hydrogen-bond acceptors (Lipinski definition) is 2. The first-order valence-corrected chi connectivity index (χ1v) is 9.79. The van der Waals surface area contributed by atoms with E-state index in [1.54, 1.807) is 0 Å². The van der Waals surface area contributed by atoms with Crippen LogP contribution in [0.2, 0.25) is 0 Å². The minimum Gasteiger partial charge on any atom is -0.505 e. The molecule has 0 atom stereocenters. The highest BCUT2D eigenvalue weighted by atomic mass is 19.2. The molecule has 0 aromatic heterocycles. The topological polar surface area (TPSA) is 57.5 Å². The molecule has 0 radical (unpaired) electrons. The fourth-order valence-corrected chi connectivity index (χ4v) is 3.42. The molecule has 1 fully saturated rings. The van der Waals surface area contributed by atoms with E-state index in [-0.39, 0.29) is 5.92 Å². The number of aliphatic carboxylic acids is 1. The van der Waals surface area contributed by atoms with Crippen LogP contribution in [0.25, 0.3) is 0 Å². The second kappa shape index (κ2) is 11.9. The average molecular weight is 370 g/mol. The molecule has 1 aliphatic carbocycles. The minimum atomic E-state index is -1.15. The van der Waals surface area contributed by atoms with Gasteiger partial charge in [0.05, 0.1) is 5.92 Å². The highest BCUT2D eigenvalue weighted by Gasteiger charge is 2.25. The Morgan fingerprint density at radius 1 is 1.04 bits per heavy atom. The number of carboxylic acids is 1. The summed E-state index contributed by atoms with van der Waals surface area (Å²) in [4.78, 5) is 10.7. The fourth-order valence-electron chi connectivity index (χ4n) is 3.42. The molecule has 0 unspecified atom stereocenters. The van der Waals surface area contributed by atoms with Crippen molar-refractivity contribution >= 4 is 5.97 Å². The third-order valence-corrected chi connectivity index (χ3v) is 5.07. The predicted octanol–water partition coefficient (Wildman–Crippen LogP) is 6.08. The first kappa shape index (κ1) is 22.4. The Kier molecular flexibility index (Phi) is 10.2. The molecule has 0 saturated heterocycles. The summed E-state index contributed by atoms with van der Waals surface area (Å²) in [5, 5.41) is 17.6. The van der Waals surface area contributed by atoms with Gasteiger partial charge in [-0.25, -0.2) is 4.39 Å². The van der Waals surface area contributed by atoms with Gasteiger partial charge < -0.3 is 10.2 Å². The zero-order valence-corrected chi connectivity index (χ0v) is 15.9. The molecule has 148 valence electrons. The highest BCUT2D eigenvalue weighted by Crippen LogP contribution is 2.32. The van der Waals surface area contributed by atoms with Gasteiger partial charge in [0.25, 0.3) is 0 Å². The van der Waals surface area contributed by atoms with Crippen LogP contribution in [-0.4, -0.2) is 16.2 Å². The second-order valence-electron chi connectivity index (χ2n) is 7.17. The van der Waals surface area contributed by atoms with Gasteiger partial charge in [0.15, 0.2) is 11.6 Å². The monoisotopic (exact) mass is 370 g/mol. The quantitative estimate of drug-likeness (QED) is 0.572. The number of aromatic hydroxyl groups is 1. The summed E-state index contributed by atoms with van der Waals surface area (Å²) in [5.41, 5.74) is 0.313. The Hall–Kier alpha value is -1.65. The van der Waals surface area contributed by atoms with Crippen molar-refractivity contribution in [3.05, 3.63) is 29.3 Å². The summed E-state index contributed by atoms with van der Waals surface area (Å²) >= 11 is 0. The van der Waals surface area contributed by atoms with E-state index in [0.29, 0.717) is 12.0 Å². The molecule has 26 heavy (non-hydrogen) atoms. The van der Waals surface area contributed by atoms with Gasteiger partial charge in [-0.3, -0.25) is 4.79 Å². The molecular formula is C21H32F2O3. The van der Waals surface area contributed by atoms with Gasteiger partial charge in [0, 0.05) is 0 Å². The summed E-state index contributed by atoms with van der Waals surface area (Å²) in [6, 6.07) is 2.57. The van der Waals surface area contributed by atoms with Crippen LogP contribution in [0.15, 0.2) is 12.1 Å². The normalized spacial score (nSPS) is 19.5. The summed E-state index contributed by atoms with van der Waals surface area (Å²) in [6.07, 6.45) is 10.6. The lowest BCUT2D eigenvalue weighted by Crippen LogP contribution is -2.21. The maximum atomic E-state index is 12.9. The maximum Gasteiger partial charge on any atom is 0.306 e. The first-order valence-electron chi connectivity index (χ1n) is 9.79. The number of carbonyl (C=O) groups is 1. The van der Waals surface area contributed by atoms with Gasteiger partial charge in [0.2, 0.25) is 5.82 Å². The zero-order valence-electron chi connectivity index (χ0n) is 15.9. The number of phenolic OH excluding ortho intramolecular Hbond substituents is 1. The van der Waals surface area contributed by atoms with E-state index in [1.807, 2.05) is 6.92 Å². The van der Waals surface area contributed by atoms with Gasteiger partial charge in [-0.1, -0.05) is 52.0 Å². The molecule has 0 aliphatic heterocycles. The zero-order chi connectivity index (χ0) is 19.5. The number of rotatable bonds is 7. The summed E-state index contributed by atoms with van der Waals surface area (Å²) in [7, 11) is 0.